The molecule has 0 rings (SSSR count). The van der Waals surface area contributed by atoms with Crippen LogP contribution < -0.4 is 0 Å². The van der Waals surface area contributed by atoms with E-state index >= 15 is 0 Å². The van der Waals surface area contributed by atoms with E-state index in [9.17, 15) is 4.79 Å². The highest BCUT2D eigenvalue weighted by molar-refractivity contribution is 8.19. The summed E-state index contributed by atoms with van der Waals surface area (Å²) in [5, 5.41) is 0. The second-order valence-electron chi connectivity index (χ2n) is 3.61. The van der Waals surface area contributed by atoms with E-state index in [4.69, 9.17) is 15.4 Å². The number of carbonyl (C=O) groups is 1. The third-order valence-electron chi connectivity index (χ3n) is 2.13. The Kier molecular flexibility index (Phi) is 9.10. The molecule has 0 heterocycles. The molecular weight excluding hydrogens is 234 g/mol. The SMILES string of the molecule is CCCCCCC(C)OC(=O)N(C)SCl. The Bertz CT molecular complexity index is 181. The van der Waals surface area contributed by atoms with Gasteiger partial charge >= 0.3 is 6.09 Å². The van der Waals surface area contributed by atoms with Crippen molar-refractivity contribution in [2.24, 2.45) is 0 Å². The van der Waals surface area contributed by atoms with Gasteiger partial charge in [0, 0.05) is 7.05 Å². The predicted octanol–water partition coefficient (Wildman–Crippen LogP) is 4.22. The van der Waals surface area contributed by atoms with E-state index < -0.39 is 0 Å². The highest BCUT2D eigenvalue weighted by Gasteiger charge is 2.13. The zero-order valence-electron chi connectivity index (χ0n) is 9.66. The zero-order chi connectivity index (χ0) is 11.7. The first-order valence-electron chi connectivity index (χ1n) is 5.34. The quantitative estimate of drug-likeness (QED) is 0.503. The van der Waals surface area contributed by atoms with Gasteiger partial charge in [-0.2, -0.15) is 0 Å². The monoisotopic (exact) mass is 253 g/mol. The molecule has 0 aromatic heterocycles. The summed E-state index contributed by atoms with van der Waals surface area (Å²) in [5.74, 6) is 0. The van der Waals surface area contributed by atoms with Crippen LogP contribution in [0.15, 0.2) is 0 Å². The first-order valence-corrected chi connectivity index (χ1v) is 6.94. The van der Waals surface area contributed by atoms with Gasteiger partial charge in [0.2, 0.25) is 0 Å². The number of amides is 1. The Morgan fingerprint density at radius 1 is 1.47 bits per heavy atom. The molecule has 0 fully saturated rings. The topological polar surface area (TPSA) is 29.5 Å². The van der Waals surface area contributed by atoms with Crippen molar-refractivity contribution in [2.75, 3.05) is 7.05 Å². The van der Waals surface area contributed by atoms with Gasteiger partial charge in [0.15, 0.2) is 0 Å². The maximum atomic E-state index is 11.3. The number of nitrogens with zero attached hydrogens (tertiary/aromatic N) is 1. The highest BCUT2D eigenvalue weighted by Crippen LogP contribution is 2.15. The fourth-order valence-electron chi connectivity index (χ4n) is 1.19. The van der Waals surface area contributed by atoms with Gasteiger partial charge in [-0.1, -0.05) is 26.2 Å². The van der Waals surface area contributed by atoms with Gasteiger partial charge in [-0.3, -0.25) is 0 Å². The van der Waals surface area contributed by atoms with Crippen LogP contribution in [0.25, 0.3) is 0 Å². The summed E-state index contributed by atoms with van der Waals surface area (Å²) in [6, 6.07) is 0. The van der Waals surface area contributed by atoms with Crippen molar-refractivity contribution in [1.82, 2.24) is 4.31 Å². The molecule has 90 valence electrons. The lowest BCUT2D eigenvalue weighted by Crippen LogP contribution is -2.24. The molecule has 0 aromatic carbocycles. The fraction of sp³-hybridized carbons (Fsp3) is 0.900. The minimum atomic E-state index is -0.377. The number of rotatable bonds is 7. The Balaban J connectivity index is 3.55. The Morgan fingerprint density at radius 3 is 2.67 bits per heavy atom. The summed E-state index contributed by atoms with van der Waals surface area (Å²) < 4.78 is 6.43. The minimum Gasteiger partial charge on any atom is -0.446 e. The van der Waals surface area contributed by atoms with Crippen LogP contribution in [0, 0.1) is 0 Å². The summed E-state index contributed by atoms with van der Waals surface area (Å²) >= 11 is 0.838. The van der Waals surface area contributed by atoms with Crippen molar-refractivity contribution >= 4 is 27.9 Å². The Morgan fingerprint density at radius 2 is 2.13 bits per heavy atom. The molecule has 0 spiro atoms. The van der Waals surface area contributed by atoms with Gasteiger partial charge in [-0.15, -0.1) is 0 Å². The Hall–Kier alpha value is -0.0900. The molecule has 0 radical (unpaired) electrons. The summed E-state index contributed by atoms with van der Waals surface area (Å²) in [6.45, 7) is 4.09. The molecule has 1 amide bonds. The van der Waals surface area contributed by atoms with E-state index in [0.717, 1.165) is 24.0 Å². The molecule has 0 aromatic rings. The largest absolute Gasteiger partial charge is 0.446 e. The van der Waals surface area contributed by atoms with Gasteiger partial charge < -0.3 is 4.74 Å². The first-order chi connectivity index (χ1) is 7.11. The molecule has 0 aliphatic rings. The fourth-order valence-corrected chi connectivity index (χ4v) is 1.46. The van der Waals surface area contributed by atoms with Crippen molar-refractivity contribution < 1.29 is 9.53 Å². The predicted molar refractivity (Wildman–Crippen MR) is 65.9 cm³/mol. The maximum Gasteiger partial charge on any atom is 0.420 e. The molecule has 0 saturated heterocycles. The van der Waals surface area contributed by atoms with Gasteiger partial charge in [0.05, 0.1) is 11.2 Å². The molecule has 0 N–H and O–H groups in total. The van der Waals surface area contributed by atoms with E-state index in [1.165, 1.54) is 23.6 Å². The van der Waals surface area contributed by atoms with Gasteiger partial charge in [-0.05, 0) is 30.4 Å². The van der Waals surface area contributed by atoms with Crippen LogP contribution in [-0.4, -0.2) is 23.6 Å². The summed E-state index contributed by atoms with van der Waals surface area (Å²) in [7, 11) is 7.00. The average molecular weight is 254 g/mol. The maximum absolute atomic E-state index is 11.3. The summed E-state index contributed by atoms with van der Waals surface area (Å²) in [6.07, 6.45) is 5.31. The lowest BCUT2D eigenvalue weighted by Gasteiger charge is -2.16. The van der Waals surface area contributed by atoms with Crippen LogP contribution >= 0.6 is 21.8 Å². The number of ether oxygens (including phenoxy) is 1. The smallest absolute Gasteiger partial charge is 0.420 e. The molecule has 5 heteroatoms. The average Bonchev–Trinajstić information content (AvgIpc) is 2.23. The number of halogens is 1. The molecule has 0 saturated carbocycles. The van der Waals surface area contributed by atoms with E-state index in [-0.39, 0.29) is 12.2 Å². The van der Waals surface area contributed by atoms with Crippen LogP contribution in [0.1, 0.15) is 46.0 Å². The lowest BCUT2D eigenvalue weighted by molar-refractivity contribution is 0.0894. The zero-order valence-corrected chi connectivity index (χ0v) is 11.2. The molecular formula is C10H20ClNO2S. The second kappa shape index (κ2) is 9.16. The van der Waals surface area contributed by atoms with Gasteiger partial charge in [0.1, 0.15) is 6.10 Å². The first kappa shape index (κ1) is 14.9. The van der Waals surface area contributed by atoms with Crippen LogP contribution in [-0.2, 0) is 4.74 Å². The molecule has 3 nitrogen and oxygen atoms in total. The number of unbranched alkanes of at least 4 members (excludes halogenated alkanes) is 3. The minimum absolute atomic E-state index is 0.0272. The normalized spacial score (nSPS) is 12.3. The number of hydrogen-bond acceptors (Lipinski definition) is 3. The highest BCUT2D eigenvalue weighted by atomic mass is 35.7. The van der Waals surface area contributed by atoms with Crippen LogP contribution in [0.3, 0.4) is 0 Å². The third-order valence-corrected chi connectivity index (χ3v) is 3.10. The van der Waals surface area contributed by atoms with E-state index in [1.54, 1.807) is 7.05 Å². The van der Waals surface area contributed by atoms with Crippen LogP contribution in [0.2, 0.25) is 0 Å². The van der Waals surface area contributed by atoms with Crippen molar-refractivity contribution in [3.8, 4) is 0 Å². The van der Waals surface area contributed by atoms with E-state index in [0.29, 0.717) is 0 Å². The van der Waals surface area contributed by atoms with Crippen LogP contribution in [0.5, 0.6) is 0 Å². The second-order valence-corrected chi connectivity index (χ2v) is 4.71. The van der Waals surface area contributed by atoms with Crippen molar-refractivity contribution in [3.05, 3.63) is 0 Å². The lowest BCUT2D eigenvalue weighted by atomic mass is 10.1. The number of carbonyl (C=O) groups excluding carboxylic acids is 1. The summed E-state index contributed by atoms with van der Waals surface area (Å²) in [4.78, 5) is 11.3. The van der Waals surface area contributed by atoms with Gasteiger partial charge in [-0.25, -0.2) is 9.10 Å². The Labute approximate surface area is 101 Å². The van der Waals surface area contributed by atoms with E-state index in [1.807, 2.05) is 6.92 Å². The van der Waals surface area contributed by atoms with Gasteiger partial charge in [0.25, 0.3) is 0 Å². The molecule has 15 heavy (non-hydrogen) atoms. The van der Waals surface area contributed by atoms with Crippen molar-refractivity contribution in [3.63, 3.8) is 0 Å². The summed E-state index contributed by atoms with van der Waals surface area (Å²) in [5.41, 5.74) is 0. The molecule has 0 bridgehead atoms. The van der Waals surface area contributed by atoms with Crippen molar-refractivity contribution in [1.29, 1.82) is 0 Å². The van der Waals surface area contributed by atoms with Crippen molar-refractivity contribution in [2.45, 2.75) is 52.1 Å². The standard InChI is InChI=1S/C10H20ClNO2S/c1-4-5-6-7-8-9(2)14-10(13)12(3)15-11/h9H,4-8H2,1-3H3. The van der Waals surface area contributed by atoms with Crippen LogP contribution in [0.4, 0.5) is 4.79 Å². The molecule has 0 aliphatic heterocycles. The molecule has 0 aliphatic carbocycles. The molecule has 1 unspecified atom stereocenters. The number of hydrogen-bond donors (Lipinski definition) is 0. The molecule has 1 atom stereocenters. The third kappa shape index (κ3) is 7.79. The van der Waals surface area contributed by atoms with E-state index in [2.05, 4.69) is 6.92 Å².